The van der Waals surface area contributed by atoms with Crippen molar-refractivity contribution in [2.75, 3.05) is 13.7 Å². The molecule has 0 saturated heterocycles. The van der Waals surface area contributed by atoms with Gasteiger partial charge in [0.25, 0.3) is 0 Å². The fraction of sp³-hybridized carbons (Fsp3) is 0.368. The van der Waals surface area contributed by atoms with Crippen LogP contribution in [-0.4, -0.2) is 30.0 Å². The van der Waals surface area contributed by atoms with Gasteiger partial charge in [0, 0.05) is 19.1 Å². The second-order valence-corrected chi connectivity index (χ2v) is 6.31. The van der Waals surface area contributed by atoms with E-state index in [0.717, 1.165) is 29.7 Å². The van der Waals surface area contributed by atoms with Gasteiger partial charge in [-0.25, -0.2) is 0 Å². The zero-order chi connectivity index (χ0) is 18.9. The predicted molar refractivity (Wildman–Crippen MR) is 90.3 cm³/mol. The Balaban J connectivity index is 1.79. The lowest BCUT2D eigenvalue weighted by Gasteiger charge is -2.35. The van der Waals surface area contributed by atoms with Gasteiger partial charge >= 0.3 is 6.36 Å². The van der Waals surface area contributed by atoms with Crippen LogP contribution in [0.2, 0.25) is 0 Å². The van der Waals surface area contributed by atoms with Gasteiger partial charge in [0.05, 0.1) is 7.11 Å². The molecule has 0 amide bonds. The quantitative estimate of drug-likeness (QED) is 0.869. The molecule has 3 rings (SSSR count). The summed E-state index contributed by atoms with van der Waals surface area (Å²) in [4.78, 5) is 2.17. The van der Waals surface area contributed by atoms with E-state index in [1.807, 2.05) is 13.0 Å². The van der Waals surface area contributed by atoms with E-state index < -0.39 is 6.36 Å². The van der Waals surface area contributed by atoms with Gasteiger partial charge in [-0.2, -0.15) is 0 Å². The summed E-state index contributed by atoms with van der Waals surface area (Å²) in [5, 5.41) is 9.93. The third kappa shape index (κ3) is 4.04. The number of nitrogens with zero attached hydrogens (tertiary/aromatic N) is 1. The highest BCUT2D eigenvalue weighted by Gasteiger charge is 2.31. The molecule has 1 N–H and O–H groups in total. The van der Waals surface area contributed by atoms with Crippen LogP contribution in [0.25, 0.3) is 0 Å². The van der Waals surface area contributed by atoms with Crippen molar-refractivity contribution in [3.05, 3.63) is 53.1 Å². The first-order valence-corrected chi connectivity index (χ1v) is 8.25. The van der Waals surface area contributed by atoms with E-state index in [1.54, 1.807) is 18.2 Å². The van der Waals surface area contributed by atoms with Gasteiger partial charge in [-0.15, -0.1) is 13.2 Å². The van der Waals surface area contributed by atoms with Gasteiger partial charge in [0.2, 0.25) is 0 Å². The molecule has 1 atom stereocenters. The lowest BCUT2D eigenvalue weighted by atomic mass is 9.92. The van der Waals surface area contributed by atoms with E-state index in [9.17, 15) is 18.3 Å². The Morgan fingerprint density at radius 3 is 2.69 bits per heavy atom. The van der Waals surface area contributed by atoms with Crippen molar-refractivity contribution >= 4 is 0 Å². The number of ether oxygens (including phenoxy) is 2. The summed E-state index contributed by atoms with van der Waals surface area (Å²) in [6.07, 6.45) is -3.95. The number of phenolic OH excluding ortho intramolecular Hbond substituents is 1. The molecule has 0 aliphatic carbocycles. The number of hydrogen-bond acceptors (Lipinski definition) is 4. The van der Waals surface area contributed by atoms with Gasteiger partial charge < -0.3 is 14.6 Å². The average molecular weight is 367 g/mol. The highest BCUT2D eigenvalue weighted by molar-refractivity contribution is 5.48. The van der Waals surface area contributed by atoms with Gasteiger partial charge in [0.15, 0.2) is 11.5 Å². The lowest BCUT2D eigenvalue weighted by Crippen LogP contribution is -2.33. The molecule has 0 aromatic heterocycles. The predicted octanol–water partition coefficient (Wildman–Crippen LogP) is 4.42. The molecule has 2 aromatic rings. The first-order chi connectivity index (χ1) is 12.3. The van der Waals surface area contributed by atoms with Gasteiger partial charge in [-0.1, -0.05) is 12.1 Å². The molecule has 1 aliphatic heterocycles. The fourth-order valence-electron chi connectivity index (χ4n) is 3.34. The third-order valence-corrected chi connectivity index (χ3v) is 4.62. The number of fused-ring (bicyclic) bond motifs is 1. The van der Waals surface area contributed by atoms with Crippen LogP contribution in [0.4, 0.5) is 13.2 Å². The van der Waals surface area contributed by atoms with E-state index in [-0.39, 0.29) is 17.5 Å². The average Bonchev–Trinajstić information content (AvgIpc) is 2.56. The van der Waals surface area contributed by atoms with Crippen LogP contribution in [0.1, 0.15) is 29.7 Å². The maximum Gasteiger partial charge on any atom is 0.573 e. The van der Waals surface area contributed by atoms with E-state index in [1.165, 1.54) is 19.2 Å². The number of rotatable bonds is 4. The van der Waals surface area contributed by atoms with Crippen LogP contribution >= 0.6 is 0 Å². The number of aromatic hydroxyl groups is 1. The third-order valence-electron chi connectivity index (χ3n) is 4.62. The molecule has 0 fully saturated rings. The second-order valence-electron chi connectivity index (χ2n) is 6.31. The van der Waals surface area contributed by atoms with Gasteiger partial charge in [-0.3, -0.25) is 4.90 Å². The molecule has 0 saturated carbocycles. The lowest BCUT2D eigenvalue weighted by molar-refractivity contribution is -0.274. The van der Waals surface area contributed by atoms with Crippen LogP contribution in [0.3, 0.4) is 0 Å². The molecule has 1 aliphatic rings. The number of phenols is 1. The van der Waals surface area contributed by atoms with Crippen LogP contribution < -0.4 is 9.47 Å². The number of benzene rings is 2. The summed E-state index contributed by atoms with van der Waals surface area (Å²) in [6, 6.07) is 9.63. The van der Waals surface area contributed by atoms with Crippen molar-refractivity contribution in [1.29, 1.82) is 0 Å². The Morgan fingerprint density at radius 1 is 1.23 bits per heavy atom. The monoisotopic (exact) mass is 367 g/mol. The first kappa shape index (κ1) is 18.4. The molecular formula is C19H20F3NO3. The van der Waals surface area contributed by atoms with E-state index >= 15 is 0 Å². The zero-order valence-electron chi connectivity index (χ0n) is 14.5. The summed E-state index contributed by atoms with van der Waals surface area (Å²) >= 11 is 0. The Kier molecular flexibility index (Phi) is 5.00. The van der Waals surface area contributed by atoms with Crippen molar-refractivity contribution in [2.24, 2.45) is 0 Å². The highest BCUT2D eigenvalue weighted by atomic mass is 19.4. The Labute approximate surface area is 149 Å². The maximum absolute atomic E-state index is 12.4. The second kappa shape index (κ2) is 7.07. The summed E-state index contributed by atoms with van der Waals surface area (Å²) in [7, 11) is 1.50. The Hall–Kier alpha value is -2.41. The summed E-state index contributed by atoms with van der Waals surface area (Å²) in [5.74, 6) is 0.313. The number of alkyl halides is 3. The normalized spacial score (nSPS) is 17.7. The smallest absolute Gasteiger partial charge is 0.504 e. The molecule has 1 heterocycles. The molecule has 4 nitrogen and oxygen atoms in total. The molecule has 1 unspecified atom stereocenters. The number of hydrogen-bond donors (Lipinski definition) is 1. The van der Waals surface area contributed by atoms with Crippen molar-refractivity contribution < 1.29 is 27.8 Å². The molecule has 0 spiro atoms. The van der Waals surface area contributed by atoms with Crippen molar-refractivity contribution in [3.8, 4) is 17.2 Å². The van der Waals surface area contributed by atoms with Crippen molar-refractivity contribution in [3.63, 3.8) is 0 Å². The van der Waals surface area contributed by atoms with Crippen LogP contribution in [0, 0.1) is 0 Å². The molecule has 2 aromatic carbocycles. The van der Waals surface area contributed by atoms with Gasteiger partial charge in [0.1, 0.15) is 5.75 Å². The molecule has 0 radical (unpaired) electrons. The Bertz CT molecular complexity index is 792. The summed E-state index contributed by atoms with van der Waals surface area (Å²) in [5.41, 5.74) is 2.85. The minimum absolute atomic E-state index is 0.0421. The molecular weight excluding hydrogens is 347 g/mol. The molecule has 26 heavy (non-hydrogen) atoms. The maximum atomic E-state index is 12.4. The molecule has 140 valence electrons. The fourth-order valence-corrected chi connectivity index (χ4v) is 3.34. The summed E-state index contributed by atoms with van der Waals surface area (Å²) in [6.45, 7) is 3.27. The van der Waals surface area contributed by atoms with Crippen molar-refractivity contribution in [1.82, 2.24) is 4.90 Å². The largest absolute Gasteiger partial charge is 0.573 e. The van der Waals surface area contributed by atoms with Crippen molar-refractivity contribution in [2.45, 2.75) is 32.3 Å². The topological polar surface area (TPSA) is 41.9 Å². The highest BCUT2D eigenvalue weighted by Crippen LogP contribution is 2.38. The van der Waals surface area contributed by atoms with Crippen LogP contribution in [0.5, 0.6) is 17.2 Å². The van der Waals surface area contributed by atoms with E-state index in [2.05, 4.69) is 9.64 Å². The first-order valence-electron chi connectivity index (χ1n) is 8.25. The molecule has 0 bridgehead atoms. The minimum atomic E-state index is -4.70. The number of halogens is 3. The minimum Gasteiger partial charge on any atom is -0.504 e. The SMILES string of the molecule is COc1cc2c(cc1O)CCN(Cc1cccc(OC(F)(F)F)c1)C2C. The number of methoxy groups -OCH3 is 1. The molecule has 7 heteroatoms. The van der Waals surface area contributed by atoms with E-state index in [4.69, 9.17) is 4.74 Å². The summed E-state index contributed by atoms with van der Waals surface area (Å²) < 4.78 is 46.4. The van der Waals surface area contributed by atoms with Crippen LogP contribution in [-0.2, 0) is 13.0 Å². The zero-order valence-corrected chi connectivity index (χ0v) is 14.5. The van der Waals surface area contributed by atoms with Gasteiger partial charge in [-0.05, 0) is 54.3 Å². The Morgan fingerprint density at radius 2 is 2.00 bits per heavy atom. The van der Waals surface area contributed by atoms with Crippen LogP contribution in [0.15, 0.2) is 36.4 Å². The van der Waals surface area contributed by atoms with E-state index in [0.29, 0.717) is 12.3 Å². The standard InChI is InChI=1S/C19H20F3NO3/c1-12-16-10-18(25-2)17(24)9-14(16)6-7-23(12)11-13-4-3-5-15(8-13)26-19(20,21)22/h3-5,8-10,12,24H,6-7,11H2,1-2H3.